The van der Waals surface area contributed by atoms with Crippen LogP contribution in [-0.2, 0) is 6.42 Å². The second kappa shape index (κ2) is 7.85. The van der Waals surface area contributed by atoms with Crippen molar-refractivity contribution in [2.24, 2.45) is 0 Å². The summed E-state index contributed by atoms with van der Waals surface area (Å²) >= 11 is 1.85. The van der Waals surface area contributed by atoms with Crippen LogP contribution in [0.4, 0.5) is 0 Å². The highest BCUT2D eigenvalue weighted by Gasteiger charge is 2.04. The molecule has 0 aliphatic rings. The first kappa shape index (κ1) is 15.6. The van der Waals surface area contributed by atoms with Gasteiger partial charge in [-0.25, -0.2) is 0 Å². The smallest absolute Gasteiger partial charge is 0.0119 e. The zero-order valence-electron chi connectivity index (χ0n) is 13.3. The summed E-state index contributed by atoms with van der Waals surface area (Å²) in [5.74, 6) is 0. The van der Waals surface area contributed by atoms with Crippen LogP contribution < -0.4 is 0 Å². The Bertz CT molecular complexity index is 756. The first-order valence-electron chi connectivity index (χ1n) is 7.84. The maximum absolute atomic E-state index is 2.29. The van der Waals surface area contributed by atoms with Crippen molar-refractivity contribution in [3.63, 3.8) is 0 Å². The van der Waals surface area contributed by atoms with Gasteiger partial charge in [-0.15, -0.1) is 0 Å². The Morgan fingerprint density at radius 2 is 1.39 bits per heavy atom. The van der Waals surface area contributed by atoms with Crippen LogP contribution >= 0.6 is 11.8 Å². The van der Waals surface area contributed by atoms with Gasteiger partial charge in [0.15, 0.2) is 0 Å². The molecule has 0 heterocycles. The zero-order valence-corrected chi connectivity index (χ0v) is 14.1. The maximum Gasteiger partial charge on any atom is 0.0119 e. The number of thioether (sulfide) groups is 1. The van der Waals surface area contributed by atoms with E-state index in [1.165, 1.54) is 26.5 Å². The fraction of sp³-hybridized carbons (Fsp3) is 0.0909. The third kappa shape index (κ3) is 4.87. The maximum atomic E-state index is 2.29. The van der Waals surface area contributed by atoms with Gasteiger partial charge in [-0.3, -0.25) is 0 Å². The van der Waals surface area contributed by atoms with E-state index < -0.39 is 0 Å². The average molecular weight is 316 g/mol. The van der Waals surface area contributed by atoms with Crippen molar-refractivity contribution in [2.45, 2.75) is 18.2 Å². The highest BCUT2D eigenvalue weighted by Crippen LogP contribution is 2.31. The van der Waals surface area contributed by atoms with Gasteiger partial charge in [0.2, 0.25) is 0 Å². The van der Waals surface area contributed by atoms with E-state index in [0.717, 1.165) is 6.42 Å². The summed E-state index contributed by atoms with van der Waals surface area (Å²) in [6.45, 7) is 2.12. The van der Waals surface area contributed by atoms with Crippen molar-refractivity contribution in [2.75, 3.05) is 0 Å². The normalized spacial score (nSPS) is 11.4. The van der Waals surface area contributed by atoms with E-state index in [9.17, 15) is 0 Å². The number of aryl methyl sites for hydroxylation is 1. The first-order chi connectivity index (χ1) is 11.3. The largest absolute Gasteiger partial charge is 0.0942 e. The minimum absolute atomic E-state index is 0.953. The molecule has 0 bridgehead atoms. The molecule has 0 saturated carbocycles. The lowest BCUT2D eigenvalue weighted by Gasteiger charge is -2.09. The van der Waals surface area contributed by atoms with Gasteiger partial charge in [-0.2, -0.15) is 0 Å². The molecule has 0 aliphatic heterocycles. The van der Waals surface area contributed by atoms with Crippen LogP contribution in [0.25, 0.3) is 6.08 Å². The number of hydrogen-bond acceptors (Lipinski definition) is 1. The summed E-state index contributed by atoms with van der Waals surface area (Å²) in [7, 11) is 0. The van der Waals surface area contributed by atoms with E-state index in [4.69, 9.17) is 0 Å². The van der Waals surface area contributed by atoms with Gasteiger partial charge in [0, 0.05) is 11.3 Å². The molecule has 114 valence electrons. The van der Waals surface area contributed by atoms with Gasteiger partial charge in [0.1, 0.15) is 0 Å². The minimum atomic E-state index is 0.953. The van der Waals surface area contributed by atoms with Gasteiger partial charge in [-0.05, 0) is 41.2 Å². The lowest BCUT2D eigenvalue weighted by molar-refractivity contribution is 1.25. The summed E-state index contributed by atoms with van der Waals surface area (Å²) in [6, 6.07) is 29.9. The molecule has 0 aromatic heterocycles. The highest BCUT2D eigenvalue weighted by atomic mass is 32.2. The molecular weight excluding hydrogens is 296 g/mol. The second-order valence-corrected chi connectivity index (χ2v) is 6.80. The van der Waals surface area contributed by atoms with Crippen LogP contribution in [0.5, 0.6) is 0 Å². The van der Waals surface area contributed by atoms with Crippen molar-refractivity contribution in [3.8, 4) is 0 Å². The molecule has 0 aliphatic carbocycles. The lowest BCUT2D eigenvalue weighted by Crippen LogP contribution is -1.88. The third-order valence-corrected chi connectivity index (χ3v) is 4.65. The lowest BCUT2D eigenvalue weighted by atomic mass is 10.1. The van der Waals surface area contributed by atoms with Gasteiger partial charge in [0.25, 0.3) is 0 Å². The molecule has 3 rings (SSSR count). The van der Waals surface area contributed by atoms with Crippen LogP contribution in [0.3, 0.4) is 0 Å². The Morgan fingerprint density at radius 3 is 2.04 bits per heavy atom. The monoisotopic (exact) mass is 316 g/mol. The molecule has 0 atom stereocenters. The summed E-state index contributed by atoms with van der Waals surface area (Å²) in [6.07, 6.45) is 3.24. The quantitative estimate of drug-likeness (QED) is 0.493. The van der Waals surface area contributed by atoms with Crippen LogP contribution in [-0.4, -0.2) is 0 Å². The SMILES string of the molecule is Cc1ccc(SC(=Cc2ccccc2)Cc2ccccc2)cc1. The van der Waals surface area contributed by atoms with Crippen LogP contribution in [0, 0.1) is 6.92 Å². The molecule has 0 spiro atoms. The Kier molecular flexibility index (Phi) is 5.33. The molecule has 0 N–H and O–H groups in total. The van der Waals surface area contributed by atoms with E-state index >= 15 is 0 Å². The minimum Gasteiger partial charge on any atom is -0.0942 e. The standard InChI is InChI=1S/C22H20S/c1-18-12-14-21(15-13-18)23-22(16-19-8-4-2-5-9-19)17-20-10-6-3-7-11-20/h2-16H,17H2,1H3. The summed E-state index contributed by atoms with van der Waals surface area (Å²) < 4.78 is 0. The molecule has 1 heteroatoms. The number of hydrogen-bond donors (Lipinski definition) is 0. The van der Waals surface area contributed by atoms with Gasteiger partial charge >= 0.3 is 0 Å². The van der Waals surface area contributed by atoms with Crippen molar-refractivity contribution >= 4 is 17.8 Å². The molecule has 3 aromatic rings. The third-order valence-electron chi connectivity index (χ3n) is 3.62. The topological polar surface area (TPSA) is 0 Å². The molecule has 0 amide bonds. The van der Waals surface area contributed by atoms with Crippen molar-refractivity contribution in [1.82, 2.24) is 0 Å². The highest BCUT2D eigenvalue weighted by molar-refractivity contribution is 8.03. The van der Waals surface area contributed by atoms with E-state index in [1.807, 2.05) is 11.8 Å². The second-order valence-electron chi connectivity index (χ2n) is 5.60. The molecule has 0 radical (unpaired) electrons. The Morgan fingerprint density at radius 1 is 0.783 bits per heavy atom. The number of rotatable bonds is 5. The predicted octanol–water partition coefficient (Wildman–Crippen LogP) is 6.37. The summed E-state index contributed by atoms with van der Waals surface area (Å²) in [5, 5.41) is 0. The molecule has 0 unspecified atom stereocenters. The van der Waals surface area contributed by atoms with Crippen molar-refractivity contribution in [3.05, 3.63) is 107 Å². The Hall–Kier alpha value is -2.25. The van der Waals surface area contributed by atoms with E-state index in [-0.39, 0.29) is 0 Å². The molecule has 0 fully saturated rings. The van der Waals surface area contributed by atoms with Crippen molar-refractivity contribution in [1.29, 1.82) is 0 Å². The number of allylic oxidation sites excluding steroid dienone is 1. The van der Waals surface area contributed by atoms with Crippen LogP contribution in [0.1, 0.15) is 16.7 Å². The summed E-state index contributed by atoms with van der Waals surface area (Å²) in [5.41, 5.74) is 3.89. The summed E-state index contributed by atoms with van der Waals surface area (Å²) in [4.78, 5) is 2.64. The van der Waals surface area contributed by atoms with Crippen LogP contribution in [0.2, 0.25) is 0 Å². The Labute approximate surface area is 142 Å². The van der Waals surface area contributed by atoms with E-state index in [2.05, 4.69) is 97.9 Å². The van der Waals surface area contributed by atoms with E-state index in [0.29, 0.717) is 0 Å². The number of benzene rings is 3. The molecular formula is C22H20S. The fourth-order valence-electron chi connectivity index (χ4n) is 2.41. The van der Waals surface area contributed by atoms with Crippen LogP contribution in [0.15, 0.2) is 94.7 Å². The molecule has 23 heavy (non-hydrogen) atoms. The van der Waals surface area contributed by atoms with Crippen molar-refractivity contribution < 1.29 is 0 Å². The zero-order chi connectivity index (χ0) is 15.9. The Balaban J connectivity index is 1.86. The fourth-order valence-corrected chi connectivity index (χ4v) is 3.42. The van der Waals surface area contributed by atoms with Gasteiger partial charge in [0.05, 0.1) is 0 Å². The van der Waals surface area contributed by atoms with E-state index in [1.54, 1.807) is 0 Å². The predicted molar refractivity (Wildman–Crippen MR) is 102 cm³/mol. The molecule has 0 nitrogen and oxygen atoms in total. The van der Waals surface area contributed by atoms with Gasteiger partial charge < -0.3 is 0 Å². The average Bonchev–Trinajstić information content (AvgIpc) is 2.59. The van der Waals surface area contributed by atoms with Gasteiger partial charge in [-0.1, -0.05) is 90.1 Å². The molecule has 3 aromatic carbocycles. The molecule has 0 saturated heterocycles. The first-order valence-corrected chi connectivity index (χ1v) is 8.65.